The molecule has 2 rings (SSSR count). The molecule has 0 bridgehead atoms. The third-order valence-corrected chi connectivity index (χ3v) is 3.26. The quantitative estimate of drug-likeness (QED) is 0.881. The van der Waals surface area contributed by atoms with Crippen LogP contribution in [0.25, 0.3) is 0 Å². The highest BCUT2D eigenvalue weighted by molar-refractivity contribution is 9.10. The number of amides is 1. The van der Waals surface area contributed by atoms with Gasteiger partial charge in [0.05, 0.1) is 11.7 Å². The fourth-order valence-electron chi connectivity index (χ4n) is 1.78. The lowest BCUT2D eigenvalue weighted by Crippen LogP contribution is -2.35. The lowest BCUT2D eigenvalue weighted by atomic mass is 10.2. The Balaban J connectivity index is 2.15. The Hall–Kier alpha value is -1.01. The lowest BCUT2D eigenvalue weighted by Gasteiger charge is -2.13. The summed E-state index contributed by atoms with van der Waals surface area (Å²) in [5.74, 6) is -1.77. The molecule has 1 aliphatic rings. The smallest absolute Gasteiger partial charge is 0.241 e. The van der Waals surface area contributed by atoms with Gasteiger partial charge < -0.3 is 10.6 Å². The Morgan fingerprint density at radius 3 is 2.82 bits per heavy atom. The molecular formula is C11H11BrF2N2O. The highest BCUT2D eigenvalue weighted by atomic mass is 79.9. The van der Waals surface area contributed by atoms with E-state index in [1.807, 2.05) is 0 Å². The number of rotatable bonds is 2. The Labute approximate surface area is 106 Å². The molecule has 1 fully saturated rings. The first-order valence-electron chi connectivity index (χ1n) is 5.26. The fraction of sp³-hybridized carbons (Fsp3) is 0.364. The molecule has 0 spiro atoms. The van der Waals surface area contributed by atoms with Crippen LogP contribution >= 0.6 is 15.9 Å². The van der Waals surface area contributed by atoms with Gasteiger partial charge in [0, 0.05) is 10.5 Å². The highest BCUT2D eigenvalue weighted by Crippen LogP contribution is 2.27. The first-order chi connectivity index (χ1) is 8.08. The predicted octanol–water partition coefficient (Wildman–Crippen LogP) is 2.42. The standard InChI is InChI=1S/C11H11BrF2N2O/c12-7-4-6(13)5-8(14)10(7)16-11(17)9-2-1-3-15-9/h4-5,9,15H,1-3H2,(H,16,17). The van der Waals surface area contributed by atoms with Crippen LogP contribution in [0.2, 0.25) is 0 Å². The zero-order chi connectivity index (χ0) is 12.4. The van der Waals surface area contributed by atoms with Crippen LogP contribution in [-0.2, 0) is 4.79 Å². The second-order valence-electron chi connectivity index (χ2n) is 3.88. The molecule has 92 valence electrons. The van der Waals surface area contributed by atoms with E-state index in [1.165, 1.54) is 0 Å². The molecule has 1 amide bonds. The van der Waals surface area contributed by atoms with Crippen molar-refractivity contribution in [1.29, 1.82) is 0 Å². The Bertz CT molecular complexity index is 424. The number of benzene rings is 1. The van der Waals surface area contributed by atoms with E-state index in [-0.39, 0.29) is 22.1 Å². The van der Waals surface area contributed by atoms with E-state index in [0.29, 0.717) is 0 Å². The van der Waals surface area contributed by atoms with E-state index in [2.05, 4.69) is 26.6 Å². The number of carbonyl (C=O) groups is 1. The van der Waals surface area contributed by atoms with Gasteiger partial charge in [-0.05, 0) is 41.4 Å². The molecule has 1 atom stereocenters. The van der Waals surface area contributed by atoms with Crippen LogP contribution in [0.4, 0.5) is 14.5 Å². The molecule has 0 aromatic heterocycles. The molecule has 0 radical (unpaired) electrons. The number of nitrogens with one attached hydrogen (secondary N) is 2. The molecule has 0 saturated carbocycles. The van der Waals surface area contributed by atoms with Crippen LogP contribution in [0, 0.1) is 11.6 Å². The van der Waals surface area contributed by atoms with Gasteiger partial charge in [0.15, 0.2) is 5.82 Å². The van der Waals surface area contributed by atoms with Gasteiger partial charge in [-0.15, -0.1) is 0 Å². The summed E-state index contributed by atoms with van der Waals surface area (Å²) in [6.07, 6.45) is 1.65. The van der Waals surface area contributed by atoms with Gasteiger partial charge in [0.2, 0.25) is 5.91 Å². The molecule has 6 heteroatoms. The van der Waals surface area contributed by atoms with Crippen LogP contribution in [0.5, 0.6) is 0 Å². The van der Waals surface area contributed by atoms with Gasteiger partial charge in [-0.25, -0.2) is 8.78 Å². The van der Waals surface area contributed by atoms with Crippen LogP contribution < -0.4 is 10.6 Å². The number of hydrogen-bond acceptors (Lipinski definition) is 2. The molecule has 1 heterocycles. The average molecular weight is 305 g/mol. The summed E-state index contributed by atoms with van der Waals surface area (Å²) in [4.78, 5) is 11.7. The summed E-state index contributed by atoms with van der Waals surface area (Å²) in [5.41, 5.74) is -0.0231. The van der Waals surface area contributed by atoms with Crippen molar-refractivity contribution in [3.05, 3.63) is 28.2 Å². The van der Waals surface area contributed by atoms with Gasteiger partial charge >= 0.3 is 0 Å². The van der Waals surface area contributed by atoms with Gasteiger partial charge in [-0.3, -0.25) is 4.79 Å². The fourth-order valence-corrected chi connectivity index (χ4v) is 2.29. The van der Waals surface area contributed by atoms with Crippen molar-refractivity contribution in [2.75, 3.05) is 11.9 Å². The van der Waals surface area contributed by atoms with Crippen molar-refractivity contribution >= 4 is 27.5 Å². The zero-order valence-corrected chi connectivity index (χ0v) is 10.5. The maximum Gasteiger partial charge on any atom is 0.241 e. The lowest BCUT2D eigenvalue weighted by molar-refractivity contribution is -0.117. The minimum atomic E-state index is -0.789. The maximum absolute atomic E-state index is 13.5. The topological polar surface area (TPSA) is 41.1 Å². The monoisotopic (exact) mass is 304 g/mol. The summed E-state index contributed by atoms with van der Waals surface area (Å²) in [7, 11) is 0. The van der Waals surface area contributed by atoms with Gasteiger partial charge in [0.1, 0.15) is 5.82 Å². The SMILES string of the molecule is O=C(Nc1c(F)cc(F)cc1Br)C1CCCN1. The Morgan fingerprint density at radius 2 is 2.24 bits per heavy atom. The van der Waals surface area contributed by atoms with Crippen molar-refractivity contribution in [3.8, 4) is 0 Å². The molecule has 1 saturated heterocycles. The van der Waals surface area contributed by atoms with Gasteiger partial charge in [-0.1, -0.05) is 0 Å². The molecule has 17 heavy (non-hydrogen) atoms. The zero-order valence-electron chi connectivity index (χ0n) is 8.90. The summed E-state index contributed by atoms with van der Waals surface area (Å²) >= 11 is 3.02. The van der Waals surface area contributed by atoms with E-state index >= 15 is 0 Å². The Morgan fingerprint density at radius 1 is 1.47 bits per heavy atom. The largest absolute Gasteiger partial charge is 0.321 e. The number of anilines is 1. The van der Waals surface area contributed by atoms with Crippen LogP contribution in [0.1, 0.15) is 12.8 Å². The second-order valence-corrected chi connectivity index (χ2v) is 4.74. The molecule has 3 nitrogen and oxygen atoms in total. The summed E-state index contributed by atoms with van der Waals surface area (Å²) in [5, 5.41) is 5.46. The first-order valence-corrected chi connectivity index (χ1v) is 6.06. The van der Waals surface area contributed by atoms with E-state index in [1.54, 1.807) is 0 Å². The van der Waals surface area contributed by atoms with Crippen molar-refractivity contribution in [2.45, 2.75) is 18.9 Å². The third kappa shape index (κ3) is 2.81. The normalized spacial score (nSPS) is 19.4. The molecule has 1 aliphatic heterocycles. The van der Waals surface area contributed by atoms with E-state index < -0.39 is 11.6 Å². The van der Waals surface area contributed by atoms with E-state index in [0.717, 1.165) is 31.5 Å². The Kier molecular flexibility index (Phi) is 3.73. The molecule has 1 unspecified atom stereocenters. The van der Waals surface area contributed by atoms with Crippen molar-refractivity contribution in [3.63, 3.8) is 0 Å². The van der Waals surface area contributed by atoms with Gasteiger partial charge in [0.25, 0.3) is 0 Å². The van der Waals surface area contributed by atoms with Crippen LogP contribution in [-0.4, -0.2) is 18.5 Å². The van der Waals surface area contributed by atoms with Crippen molar-refractivity contribution < 1.29 is 13.6 Å². The molecule has 1 aromatic rings. The number of halogens is 3. The second kappa shape index (κ2) is 5.10. The summed E-state index contributed by atoms with van der Waals surface area (Å²) in [6.45, 7) is 0.783. The number of hydrogen-bond donors (Lipinski definition) is 2. The van der Waals surface area contributed by atoms with Crippen LogP contribution in [0.15, 0.2) is 16.6 Å². The number of carbonyl (C=O) groups excluding carboxylic acids is 1. The van der Waals surface area contributed by atoms with Crippen LogP contribution in [0.3, 0.4) is 0 Å². The predicted molar refractivity (Wildman–Crippen MR) is 63.7 cm³/mol. The first kappa shape index (κ1) is 12.4. The average Bonchev–Trinajstić information content (AvgIpc) is 2.76. The molecule has 1 aromatic carbocycles. The van der Waals surface area contributed by atoms with E-state index in [9.17, 15) is 13.6 Å². The van der Waals surface area contributed by atoms with E-state index in [4.69, 9.17) is 0 Å². The summed E-state index contributed by atoms with van der Waals surface area (Å²) in [6, 6.07) is 1.55. The molecule has 2 N–H and O–H groups in total. The minimum absolute atomic E-state index is 0.0231. The van der Waals surface area contributed by atoms with Gasteiger partial charge in [-0.2, -0.15) is 0 Å². The summed E-state index contributed by atoms with van der Waals surface area (Å²) < 4.78 is 26.5. The van der Waals surface area contributed by atoms with Crippen molar-refractivity contribution in [1.82, 2.24) is 5.32 Å². The molecular weight excluding hydrogens is 294 g/mol. The molecule has 0 aliphatic carbocycles. The van der Waals surface area contributed by atoms with Crippen molar-refractivity contribution in [2.24, 2.45) is 0 Å². The minimum Gasteiger partial charge on any atom is -0.321 e. The maximum atomic E-state index is 13.5. The highest BCUT2D eigenvalue weighted by Gasteiger charge is 2.23. The third-order valence-electron chi connectivity index (χ3n) is 2.63.